The maximum Gasteiger partial charge on any atom is 0.352 e. The van der Waals surface area contributed by atoms with Crippen LogP contribution in [0.2, 0.25) is 5.02 Å². The molecule has 1 aromatic heterocycles. The van der Waals surface area contributed by atoms with Crippen LogP contribution in [0.3, 0.4) is 0 Å². The number of aromatic nitrogens is 3. The SMILES string of the molecule is CCN(CC)C(=O)c1nn(-c2ccccc2)c(=O)n(Cc2ccccc2Cl)c1=O. The summed E-state index contributed by atoms with van der Waals surface area (Å²) in [6.45, 7) is 4.41. The van der Waals surface area contributed by atoms with E-state index < -0.39 is 17.2 Å². The van der Waals surface area contributed by atoms with E-state index >= 15 is 0 Å². The van der Waals surface area contributed by atoms with E-state index in [1.54, 1.807) is 54.6 Å². The third kappa shape index (κ3) is 4.14. The van der Waals surface area contributed by atoms with E-state index in [1.165, 1.54) is 4.90 Å². The smallest absolute Gasteiger partial charge is 0.338 e. The molecule has 7 nitrogen and oxygen atoms in total. The molecule has 0 radical (unpaired) electrons. The Bertz CT molecular complexity index is 1130. The van der Waals surface area contributed by atoms with Gasteiger partial charge in [0.1, 0.15) is 0 Å². The normalized spacial score (nSPS) is 10.7. The Balaban J connectivity index is 2.25. The van der Waals surface area contributed by atoms with Crippen molar-refractivity contribution >= 4 is 17.5 Å². The highest BCUT2D eigenvalue weighted by Gasteiger charge is 2.23. The van der Waals surface area contributed by atoms with Gasteiger partial charge in [-0.2, -0.15) is 9.78 Å². The van der Waals surface area contributed by atoms with Crippen molar-refractivity contribution in [2.45, 2.75) is 20.4 Å². The Hall–Kier alpha value is -3.19. The number of halogens is 1. The maximum atomic E-state index is 13.1. The van der Waals surface area contributed by atoms with E-state index in [1.807, 2.05) is 13.8 Å². The van der Waals surface area contributed by atoms with Crippen LogP contribution in [0.5, 0.6) is 0 Å². The summed E-state index contributed by atoms with van der Waals surface area (Å²) in [7, 11) is 0. The molecule has 0 spiro atoms. The van der Waals surface area contributed by atoms with Gasteiger partial charge in [0.25, 0.3) is 11.5 Å². The molecule has 0 N–H and O–H groups in total. The van der Waals surface area contributed by atoms with Gasteiger partial charge in [0.05, 0.1) is 12.2 Å². The molecule has 0 atom stereocenters. The quantitative estimate of drug-likeness (QED) is 0.623. The molecule has 0 saturated heterocycles. The topological polar surface area (TPSA) is 77.2 Å². The van der Waals surface area contributed by atoms with Crippen molar-refractivity contribution in [3.8, 4) is 5.69 Å². The summed E-state index contributed by atoms with van der Waals surface area (Å²) in [5, 5.41) is 4.56. The van der Waals surface area contributed by atoms with Gasteiger partial charge < -0.3 is 4.90 Å². The van der Waals surface area contributed by atoms with Crippen LogP contribution in [0.15, 0.2) is 64.2 Å². The lowest BCUT2D eigenvalue weighted by molar-refractivity contribution is 0.0761. The maximum absolute atomic E-state index is 13.1. The minimum Gasteiger partial charge on any atom is -0.338 e. The highest BCUT2D eigenvalue weighted by Crippen LogP contribution is 2.15. The second-order valence-electron chi connectivity index (χ2n) is 6.34. The van der Waals surface area contributed by atoms with Crippen LogP contribution in [-0.4, -0.2) is 38.2 Å². The number of carbonyl (C=O) groups excluding carboxylic acids is 1. The average molecular weight is 413 g/mol. The first-order chi connectivity index (χ1) is 14.0. The second kappa shape index (κ2) is 8.87. The fourth-order valence-corrected chi connectivity index (χ4v) is 3.18. The fraction of sp³-hybridized carbons (Fsp3) is 0.238. The number of hydrogen-bond acceptors (Lipinski definition) is 4. The van der Waals surface area contributed by atoms with Crippen LogP contribution in [0.25, 0.3) is 5.69 Å². The highest BCUT2D eigenvalue weighted by molar-refractivity contribution is 6.31. The van der Waals surface area contributed by atoms with Crippen molar-refractivity contribution in [1.82, 2.24) is 19.2 Å². The Morgan fingerprint density at radius 3 is 2.24 bits per heavy atom. The summed E-state index contributed by atoms with van der Waals surface area (Å²) in [5.41, 5.74) is -0.625. The molecular formula is C21H21ClN4O3. The predicted molar refractivity (Wildman–Crippen MR) is 112 cm³/mol. The minimum absolute atomic E-state index is 0.0643. The first-order valence-corrected chi connectivity index (χ1v) is 9.68. The lowest BCUT2D eigenvalue weighted by Crippen LogP contribution is -2.46. The highest BCUT2D eigenvalue weighted by atomic mass is 35.5. The van der Waals surface area contributed by atoms with Crippen molar-refractivity contribution in [1.29, 1.82) is 0 Å². The summed E-state index contributed by atoms with van der Waals surface area (Å²) in [6.07, 6.45) is 0. The van der Waals surface area contributed by atoms with Crippen LogP contribution >= 0.6 is 11.6 Å². The summed E-state index contributed by atoms with van der Waals surface area (Å²) in [4.78, 5) is 40.5. The lowest BCUT2D eigenvalue weighted by Gasteiger charge is -2.19. The number of carbonyl (C=O) groups is 1. The summed E-state index contributed by atoms with van der Waals surface area (Å²) in [5.74, 6) is -0.516. The minimum atomic E-state index is -0.737. The van der Waals surface area contributed by atoms with Crippen molar-refractivity contribution in [3.05, 3.63) is 91.7 Å². The van der Waals surface area contributed by atoms with E-state index in [2.05, 4.69) is 5.10 Å². The third-order valence-electron chi connectivity index (χ3n) is 4.60. The van der Waals surface area contributed by atoms with Gasteiger partial charge in [-0.1, -0.05) is 48.0 Å². The van der Waals surface area contributed by atoms with Crippen LogP contribution in [0.4, 0.5) is 0 Å². The van der Waals surface area contributed by atoms with Crippen molar-refractivity contribution < 1.29 is 4.79 Å². The van der Waals surface area contributed by atoms with Gasteiger partial charge in [-0.3, -0.25) is 14.2 Å². The Kier molecular flexibility index (Phi) is 6.29. The molecule has 0 aliphatic carbocycles. The molecule has 0 saturated carbocycles. The number of amides is 1. The molecule has 3 rings (SSSR count). The van der Waals surface area contributed by atoms with Crippen molar-refractivity contribution in [2.24, 2.45) is 0 Å². The number of rotatable bonds is 6. The van der Waals surface area contributed by atoms with Crippen LogP contribution < -0.4 is 11.2 Å². The molecule has 0 unspecified atom stereocenters. The molecule has 3 aromatic rings. The van der Waals surface area contributed by atoms with Gasteiger partial charge >= 0.3 is 5.69 Å². The lowest BCUT2D eigenvalue weighted by atomic mass is 10.2. The summed E-state index contributed by atoms with van der Waals surface area (Å²) >= 11 is 6.22. The standard InChI is InChI=1S/C21H21ClN4O3/c1-3-24(4-2)19(27)18-20(28)25(14-15-10-8-9-13-17(15)22)21(29)26(23-18)16-11-6-5-7-12-16/h5-13H,3-4,14H2,1-2H3. The van der Waals surface area contributed by atoms with Gasteiger partial charge in [0, 0.05) is 18.1 Å². The Labute approximate surface area is 172 Å². The first kappa shape index (κ1) is 20.5. The number of nitrogens with zero attached hydrogens (tertiary/aromatic N) is 4. The van der Waals surface area contributed by atoms with Crippen LogP contribution in [0.1, 0.15) is 29.9 Å². The fourth-order valence-electron chi connectivity index (χ4n) is 2.98. The molecule has 1 amide bonds. The van der Waals surface area contributed by atoms with E-state index in [-0.39, 0.29) is 12.2 Å². The van der Waals surface area contributed by atoms with E-state index in [0.29, 0.717) is 29.4 Å². The Morgan fingerprint density at radius 2 is 1.62 bits per heavy atom. The van der Waals surface area contributed by atoms with Crippen molar-refractivity contribution in [2.75, 3.05) is 13.1 Å². The van der Waals surface area contributed by atoms with Gasteiger partial charge in [-0.05, 0) is 37.6 Å². The molecular weight excluding hydrogens is 392 g/mol. The second-order valence-corrected chi connectivity index (χ2v) is 6.75. The van der Waals surface area contributed by atoms with E-state index in [9.17, 15) is 14.4 Å². The monoisotopic (exact) mass is 412 g/mol. The van der Waals surface area contributed by atoms with Gasteiger partial charge in [0.15, 0.2) is 0 Å². The number of hydrogen-bond donors (Lipinski definition) is 0. The van der Waals surface area contributed by atoms with Gasteiger partial charge in [-0.25, -0.2) is 4.79 Å². The predicted octanol–water partition coefficient (Wildman–Crippen LogP) is 2.58. The van der Waals surface area contributed by atoms with Gasteiger partial charge in [0.2, 0.25) is 5.69 Å². The van der Waals surface area contributed by atoms with E-state index in [0.717, 1.165) is 9.25 Å². The molecule has 0 aliphatic rings. The average Bonchev–Trinajstić information content (AvgIpc) is 2.74. The zero-order valence-electron chi connectivity index (χ0n) is 16.2. The third-order valence-corrected chi connectivity index (χ3v) is 4.97. The largest absolute Gasteiger partial charge is 0.352 e. The molecule has 150 valence electrons. The summed E-state index contributed by atoms with van der Waals surface area (Å²) in [6, 6.07) is 15.6. The van der Waals surface area contributed by atoms with E-state index in [4.69, 9.17) is 11.6 Å². The molecule has 8 heteroatoms. The first-order valence-electron chi connectivity index (χ1n) is 9.30. The zero-order chi connectivity index (χ0) is 21.0. The van der Waals surface area contributed by atoms with Crippen LogP contribution in [0, 0.1) is 0 Å². The van der Waals surface area contributed by atoms with Crippen molar-refractivity contribution in [3.63, 3.8) is 0 Å². The molecule has 2 aromatic carbocycles. The molecule has 0 fully saturated rings. The Morgan fingerprint density at radius 1 is 1.00 bits per heavy atom. The number of para-hydroxylation sites is 1. The molecule has 29 heavy (non-hydrogen) atoms. The van der Waals surface area contributed by atoms with Gasteiger partial charge in [-0.15, -0.1) is 0 Å². The summed E-state index contributed by atoms with van der Waals surface area (Å²) < 4.78 is 2.08. The molecule has 1 heterocycles. The number of benzene rings is 2. The van der Waals surface area contributed by atoms with Crippen LogP contribution in [-0.2, 0) is 6.54 Å². The molecule has 0 aliphatic heterocycles. The zero-order valence-corrected chi connectivity index (χ0v) is 17.0. The molecule has 0 bridgehead atoms.